The van der Waals surface area contributed by atoms with Crippen LogP contribution in [0.5, 0.6) is 5.75 Å². The minimum absolute atomic E-state index is 0.0558. The second-order valence-corrected chi connectivity index (χ2v) is 13.8. The van der Waals surface area contributed by atoms with E-state index in [-0.39, 0.29) is 23.4 Å². The monoisotopic (exact) mass is 683 g/mol. The van der Waals surface area contributed by atoms with Crippen molar-refractivity contribution in [2.45, 2.75) is 75.8 Å². The van der Waals surface area contributed by atoms with Gasteiger partial charge in [-0.3, -0.25) is 13.9 Å². The predicted molar refractivity (Wildman–Crippen MR) is 177 cm³/mol. The van der Waals surface area contributed by atoms with Gasteiger partial charge in [-0.15, -0.1) is 0 Å². The average molecular weight is 685 g/mol. The molecule has 0 heterocycles. The van der Waals surface area contributed by atoms with Gasteiger partial charge < -0.3 is 15.0 Å². The van der Waals surface area contributed by atoms with Crippen molar-refractivity contribution < 1.29 is 22.7 Å². The quantitative estimate of drug-likeness (QED) is 0.214. The molecule has 1 saturated carbocycles. The van der Waals surface area contributed by atoms with Crippen LogP contribution in [0.25, 0.3) is 0 Å². The van der Waals surface area contributed by atoms with Gasteiger partial charge in [0.2, 0.25) is 11.8 Å². The number of nitrogens with one attached hydrogen (secondary N) is 1. The lowest BCUT2D eigenvalue weighted by molar-refractivity contribution is -0.140. The van der Waals surface area contributed by atoms with E-state index >= 15 is 0 Å². The fourth-order valence-corrected chi connectivity index (χ4v) is 7.26. The number of amides is 2. The van der Waals surface area contributed by atoms with Gasteiger partial charge in [-0.25, -0.2) is 8.42 Å². The first-order valence-corrected chi connectivity index (χ1v) is 17.6. The largest absolute Gasteiger partial charge is 0.494 e. The van der Waals surface area contributed by atoms with Crippen molar-refractivity contribution in [1.82, 2.24) is 10.2 Å². The second-order valence-electron chi connectivity index (χ2n) is 11.0. The van der Waals surface area contributed by atoms with Crippen LogP contribution in [-0.4, -0.2) is 56.9 Å². The highest BCUT2D eigenvalue weighted by Gasteiger charge is 2.34. The van der Waals surface area contributed by atoms with Crippen LogP contribution in [0, 0.1) is 0 Å². The molecule has 10 heteroatoms. The Labute approximate surface area is 270 Å². The highest BCUT2D eigenvalue weighted by molar-refractivity contribution is 9.10. The molecule has 3 aromatic rings. The summed E-state index contributed by atoms with van der Waals surface area (Å²) in [7, 11) is -4.14. The third kappa shape index (κ3) is 8.85. The highest BCUT2D eigenvalue weighted by atomic mass is 79.9. The highest BCUT2D eigenvalue weighted by Crippen LogP contribution is 2.27. The fraction of sp³-hybridized carbons (Fsp3) is 0.412. The summed E-state index contributed by atoms with van der Waals surface area (Å²) >= 11 is 3.36. The maximum absolute atomic E-state index is 14.3. The SMILES string of the molecule is CCOc1ccc(N(CC(=O)N(CCc2ccccc2)C(CC)C(=O)NC2CCCCC2)S(=O)(=O)c2ccc(Br)cc2)cc1. The van der Waals surface area contributed by atoms with Crippen LogP contribution in [0.3, 0.4) is 0 Å². The van der Waals surface area contributed by atoms with Gasteiger partial charge in [0.15, 0.2) is 0 Å². The van der Waals surface area contributed by atoms with Crippen molar-refractivity contribution >= 4 is 43.5 Å². The van der Waals surface area contributed by atoms with E-state index in [0.717, 1.165) is 40.0 Å². The van der Waals surface area contributed by atoms with Gasteiger partial charge in [0.25, 0.3) is 10.0 Å². The van der Waals surface area contributed by atoms with Crippen molar-refractivity contribution in [2.24, 2.45) is 0 Å². The van der Waals surface area contributed by atoms with E-state index in [1.165, 1.54) is 18.6 Å². The molecule has 1 fully saturated rings. The number of carbonyl (C=O) groups is 2. The zero-order valence-corrected chi connectivity index (χ0v) is 27.9. The van der Waals surface area contributed by atoms with E-state index in [1.807, 2.05) is 44.2 Å². The number of hydrogen-bond donors (Lipinski definition) is 1. The number of benzene rings is 3. The van der Waals surface area contributed by atoms with Crippen molar-refractivity contribution in [2.75, 3.05) is 24.0 Å². The number of sulfonamides is 1. The molecule has 0 aromatic heterocycles. The smallest absolute Gasteiger partial charge is 0.264 e. The molecule has 0 aliphatic heterocycles. The first kappa shape index (κ1) is 33.5. The molecule has 1 aliphatic carbocycles. The molecule has 0 spiro atoms. The molecule has 0 bridgehead atoms. The van der Waals surface area contributed by atoms with Crippen molar-refractivity contribution in [1.29, 1.82) is 0 Å². The number of anilines is 1. The summed E-state index contributed by atoms with van der Waals surface area (Å²) in [5.41, 5.74) is 1.35. The van der Waals surface area contributed by atoms with Gasteiger partial charge in [-0.2, -0.15) is 0 Å². The molecule has 0 saturated heterocycles. The Hall–Kier alpha value is -3.37. The first-order chi connectivity index (χ1) is 21.2. The summed E-state index contributed by atoms with van der Waals surface area (Å²) in [6.07, 6.45) is 6.10. The standard InChI is InChI=1S/C34H42BrN3O5S/c1-3-32(34(40)36-28-13-9-6-10-14-28)37(24-23-26-11-7-5-8-12-26)33(39)25-38(29-17-19-30(20-18-29)43-4-2)44(41,42)31-21-15-27(35)16-22-31/h5,7-8,11-12,15-22,28,32H,3-4,6,9-10,13-14,23-25H2,1-2H3,(H,36,40). The lowest BCUT2D eigenvalue weighted by Crippen LogP contribution is -2.54. The molecule has 236 valence electrons. The molecule has 1 atom stereocenters. The van der Waals surface area contributed by atoms with Crippen LogP contribution in [0.15, 0.2) is 88.2 Å². The first-order valence-electron chi connectivity index (χ1n) is 15.4. The zero-order valence-electron chi connectivity index (χ0n) is 25.5. The Morgan fingerprint density at radius 3 is 2.20 bits per heavy atom. The minimum atomic E-state index is -4.14. The normalized spacial score (nSPS) is 14.4. The van der Waals surface area contributed by atoms with Crippen molar-refractivity contribution in [3.05, 3.63) is 88.9 Å². The van der Waals surface area contributed by atoms with E-state index in [0.29, 0.717) is 30.9 Å². The predicted octanol–water partition coefficient (Wildman–Crippen LogP) is 6.34. The van der Waals surface area contributed by atoms with Gasteiger partial charge in [-0.05, 0) is 86.7 Å². The fourth-order valence-electron chi connectivity index (χ4n) is 5.58. The number of ether oxygens (including phenoxy) is 1. The molecule has 8 nitrogen and oxygen atoms in total. The van der Waals surface area contributed by atoms with Gasteiger partial charge in [0.1, 0.15) is 18.3 Å². The van der Waals surface area contributed by atoms with Crippen LogP contribution in [0.2, 0.25) is 0 Å². The minimum Gasteiger partial charge on any atom is -0.494 e. The Morgan fingerprint density at radius 2 is 1.59 bits per heavy atom. The Bertz CT molecular complexity index is 1460. The number of nitrogens with zero attached hydrogens (tertiary/aromatic N) is 2. The molecule has 1 unspecified atom stereocenters. The van der Waals surface area contributed by atoms with Gasteiger partial charge >= 0.3 is 0 Å². The topological polar surface area (TPSA) is 96.0 Å². The van der Waals surface area contributed by atoms with Crippen LogP contribution in [0.4, 0.5) is 5.69 Å². The summed E-state index contributed by atoms with van der Waals surface area (Å²) in [5.74, 6) is -0.0381. The average Bonchev–Trinajstić information content (AvgIpc) is 3.03. The van der Waals surface area contributed by atoms with E-state index < -0.39 is 28.5 Å². The Kier molecular flexibility index (Phi) is 12.3. The maximum Gasteiger partial charge on any atom is 0.264 e. The number of carbonyl (C=O) groups excluding carboxylic acids is 2. The Morgan fingerprint density at radius 1 is 0.932 bits per heavy atom. The Balaban J connectivity index is 1.67. The molecule has 1 aliphatic rings. The maximum atomic E-state index is 14.3. The molecular weight excluding hydrogens is 642 g/mol. The molecule has 1 N–H and O–H groups in total. The van der Waals surface area contributed by atoms with Crippen LogP contribution in [-0.2, 0) is 26.0 Å². The van der Waals surface area contributed by atoms with Gasteiger partial charge in [0.05, 0.1) is 17.2 Å². The summed E-state index contributed by atoms with van der Waals surface area (Å²) < 4.78 is 35.5. The number of halogens is 1. The number of hydrogen-bond acceptors (Lipinski definition) is 5. The summed E-state index contributed by atoms with van der Waals surface area (Å²) in [4.78, 5) is 29.5. The van der Waals surface area contributed by atoms with Crippen LogP contribution < -0.4 is 14.4 Å². The zero-order chi connectivity index (χ0) is 31.5. The summed E-state index contributed by atoms with van der Waals surface area (Å²) in [5, 5.41) is 3.18. The van der Waals surface area contributed by atoms with Crippen molar-refractivity contribution in [3.63, 3.8) is 0 Å². The van der Waals surface area contributed by atoms with E-state index in [1.54, 1.807) is 41.3 Å². The third-order valence-corrected chi connectivity index (χ3v) is 10.3. The summed E-state index contributed by atoms with van der Waals surface area (Å²) in [6, 6.07) is 22.1. The van der Waals surface area contributed by atoms with E-state index in [9.17, 15) is 18.0 Å². The lowest BCUT2D eigenvalue weighted by atomic mass is 9.95. The molecule has 3 aromatic carbocycles. The summed E-state index contributed by atoms with van der Waals surface area (Å²) in [6.45, 7) is 4.03. The van der Waals surface area contributed by atoms with Crippen LogP contribution in [0.1, 0.15) is 57.9 Å². The van der Waals surface area contributed by atoms with Crippen LogP contribution >= 0.6 is 15.9 Å². The molecule has 44 heavy (non-hydrogen) atoms. The number of rotatable bonds is 14. The molecule has 4 rings (SSSR count). The third-order valence-electron chi connectivity index (χ3n) is 7.94. The molecular formula is C34H42BrN3O5S. The molecule has 0 radical (unpaired) electrons. The van der Waals surface area contributed by atoms with Crippen molar-refractivity contribution in [3.8, 4) is 5.75 Å². The van der Waals surface area contributed by atoms with E-state index in [4.69, 9.17) is 4.74 Å². The lowest BCUT2D eigenvalue weighted by Gasteiger charge is -2.34. The van der Waals surface area contributed by atoms with E-state index in [2.05, 4.69) is 21.2 Å². The van der Waals surface area contributed by atoms with Gasteiger partial charge in [-0.1, -0.05) is 72.4 Å². The molecule has 2 amide bonds. The van der Waals surface area contributed by atoms with Gasteiger partial charge in [0, 0.05) is 17.1 Å². The second kappa shape index (κ2) is 16.1.